The van der Waals surface area contributed by atoms with E-state index in [1.165, 1.54) is 0 Å². The number of hydrogen-bond donors (Lipinski definition) is 0. The lowest BCUT2D eigenvalue weighted by Crippen LogP contribution is -2.55. The highest BCUT2D eigenvalue weighted by Crippen LogP contribution is 2.47. The van der Waals surface area contributed by atoms with Crippen molar-refractivity contribution < 1.29 is 72.5 Å². The lowest BCUT2D eigenvalue weighted by atomic mass is 9.90. The van der Waals surface area contributed by atoms with Gasteiger partial charge in [-0.15, -0.1) is 0 Å². The molecule has 154 valence electrons. The van der Waals surface area contributed by atoms with Crippen LogP contribution in [0, 0.1) is 0 Å². The quantitative estimate of drug-likeness (QED) is 0.382. The molecule has 0 bridgehead atoms. The van der Waals surface area contributed by atoms with E-state index in [9.17, 15) is 62.6 Å². The molecule has 0 rings (SSSR count). The third kappa shape index (κ3) is 5.17. The van der Waals surface area contributed by atoms with E-state index in [0.717, 1.165) is 0 Å². The van der Waals surface area contributed by atoms with E-state index in [1.807, 2.05) is 0 Å². The molecule has 0 saturated heterocycles. The summed E-state index contributed by atoms with van der Waals surface area (Å²) < 4.78 is 149. The molecule has 26 heavy (non-hydrogen) atoms. The second-order valence-corrected chi connectivity index (χ2v) is 4.02. The van der Waals surface area contributed by atoms with E-state index in [2.05, 4.69) is 0 Å². The van der Waals surface area contributed by atoms with Crippen molar-refractivity contribution in [3.05, 3.63) is 11.6 Å². The van der Waals surface area contributed by atoms with Crippen LogP contribution in [0.3, 0.4) is 0 Å². The van der Waals surface area contributed by atoms with Crippen LogP contribution in [-0.4, -0.2) is 49.0 Å². The summed E-state index contributed by atoms with van der Waals surface area (Å²) in [6, 6.07) is 0. The van der Waals surface area contributed by atoms with Gasteiger partial charge in [0.1, 0.15) is 0 Å². The maximum Gasteiger partial charge on any atom is 0.432 e. The van der Waals surface area contributed by atoms with Crippen LogP contribution in [0.1, 0.15) is 0 Å². The number of carbonyl (C=O) groups is 2. The van der Waals surface area contributed by atoms with Crippen molar-refractivity contribution in [1.29, 1.82) is 0 Å². The van der Waals surface area contributed by atoms with Gasteiger partial charge in [-0.2, -0.15) is 26.3 Å². The van der Waals surface area contributed by atoms with Gasteiger partial charge in [0.05, 0.1) is 5.97 Å². The molecule has 0 spiro atoms. The average Bonchev–Trinajstić information content (AvgIpc) is 2.41. The lowest BCUT2D eigenvalue weighted by Gasteiger charge is -2.32. The number of carboxylic acid groups (broad SMARTS) is 2. The average molecular weight is 416 g/mol. The smallest absolute Gasteiger partial charge is 0.432 e. The van der Waals surface area contributed by atoms with Crippen molar-refractivity contribution in [3.63, 3.8) is 0 Å². The molecule has 0 aliphatic heterocycles. The van der Waals surface area contributed by atoms with Crippen LogP contribution >= 0.6 is 0 Å². The minimum absolute atomic E-state index is 0.500. The number of halogens is 12. The number of aliphatic carboxylic acids is 1. The maximum atomic E-state index is 13.4. The van der Waals surface area contributed by atoms with Gasteiger partial charge in [-0.25, -0.2) is 26.3 Å². The van der Waals surface area contributed by atoms with Crippen LogP contribution in [0.15, 0.2) is 11.6 Å². The van der Waals surface area contributed by atoms with Crippen molar-refractivity contribution >= 4 is 12.4 Å². The molecule has 2 atom stereocenters. The summed E-state index contributed by atoms with van der Waals surface area (Å²) in [5, 5.41) is 18.5. The molecule has 0 heterocycles. The highest BCUT2D eigenvalue weighted by atomic mass is 19.4. The number of rotatable bonds is 5. The Labute approximate surface area is 134 Å². The minimum Gasteiger partial charge on any atom is -0.554 e. The van der Waals surface area contributed by atoms with E-state index < -0.39 is 60.6 Å². The van der Waals surface area contributed by atoms with Gasteiger partial charge in [-0.1, -0.05) is 0 Å². The molecule has 2 unspecified atom stereocenters. The van der Waals surface area contributed by atoms with Crippen molar-refractivity contribution in [2.75, 3.05) is 0 Å². The number of allylic oxidation sites excluding steroid dienone is 1. The second kappa shape index (κ2) is 8.48. The van der Waals surface area contributed by atoms with Crippen molar-refractivity contribution in [2.45, 2.75) is 36.5 Å². The van der Waals surface area contributed by atoms with Gasteiger partial charge in [0.15, 0.2) is 0 Å². The van der Waals surface area contributed by atoms with Crippen LogP contribution in [-0.2, 0) is 9.59 Å². The second-order valence-electron chi connectivity index (χ2n) is 4.02. The van der Waals surface area contributed by atoms with E-state index >= 15 is 0 Å². The Hall–Kier alpha value is -2.16. The van der Waals surface area contributed by atoms with E-state index in [4.69, 9.17) is 9.90 Å². The molecule has 0 aromatic heterocycles. The van der Waals surface area contributed by atoms with Crippen molar-refractivity contribution in [3.8, 4) is 0 Å². The Bertz CT molecular complexity index is 525. The fraction of sp³-hybridized carbons (Fsp3) is 0.600. The molecule has 0 fully saturated rings. The molecule has 4 nitrogen and oxygen atoms in total. The fourth-order valence-electron chi connectivity index (χ4n) is 1.19. The summed E-state index contributed by atoms with van der Waals surface area (Å²) in [5.41, 5.74) is -16.2. The predicted molar refractivity (Wildman–Crippen MR) is 50.9 cm³/mol. The summed E-state index contributed by atoms with van der Waals surface area (Å²) in [6.07, 6.45) is -26.3. The van der Waals surface area contributed by atoms with Crippen LogP contribution in [0.5, 0.6) is 0 Å². The van der Waals surface area contributed by atoms with Crippen molar-refractivity contribution in [1.82, 2.24) is 0 Å². The van der Waals surface area contributed by atoms with Gasteiger partial charge in [0.25, 0.3) is 24.2 Å². The summed E-state index contributed by atoms with van der Waals surface area (Å²) >= 11 is 0. The first-order valence-corrected chi connectivity index (χ1v) is 5.42. The third-order valence-corrected chi connectivity index (χ3v) is 2.43. The predicted octanol–water partition coefficient (Wildman–Crippen LogP) is 1.10. The monoisotopic (exact) mass is 416 g/mol. The Morgan fingerprint density at radius 3 is 1.31 bits per heavy atom. The zero-order valence-electron chi connectivity index (χ0n) is 11.5. The van der Waals surface area contributed by atoms with E-state index in [-0.39, 0.29) is 0 Å². The molecule has 16 heteroatoms. The molecule has 0 aliphatic carbocycles. The standard InChI is InChI=1S/C9H4F12O2.CH2O2/c10-4(11)6(14,8(16,17)18)1-2(3(22)23)7(15,5(12)13)9(19,20)21;2-1-3/h1,4-5H,(H,22,23);1H,(H,2,3)/p-2/b2-1-;. The Morgan fingerprint density at radius 1 is 0.808 bits per heavy atom. The van der Waals surface area contributed by atoms with Gasteiger partial charge >= 0.3 is 12.4 Å². The van der Waals surface area contributed by atoms with E-state index in [0.29, 0.717) is 0 Å². The number of carbonyl (C=O) groups excluding carboxylic acids is 2. The molecule has 0 radical (unpaired) electrons. The minimum atomic E-state index is -6.87. The molecular weight excluding hydrogens is 412 g/mol. The summed E-state index contributed by atoms with van der Waals surface area (Å²) in [4.78, 5) is 18.5. The van der Waals surface area contributed by atoms with Gasteiger partial charge in [-0.05, 0) is 6.08 Å². The SMILES string of the molecule is O=C([O-])/C(=C/C(F)(C(F)F)C(F)(F)F)C(F)(C(F)F)C(F)(F)F.O=C[O-]. The van der Waals surface area contributed by atoms with Gasteiger partial charge in [-0.3, -0.25) is 0 Å². The summed E-state index contributed by atoms with van der Waals surface area (Å²) in [5.74, 6) is -3.68. The molecule has 0 amide bonds. The van der Waals surface area contributed by atoms with Crippen LogP contribution in [0.4, 0.5) is 52.7 Å². The molecule has 0 aliphatic rings. The molecule has 0 aromatic rings. The van der Waals surface area contributed by atoms with Gasteiger partial charge in [0, 0.05) is 12.0 Å². The fourth-order valence-corrected chi connectivity index (χ4v) is 1.19. The Balaban J connectivity index is 0. The molecule has 0 saturated carbocycles. The van der Waals surface area contributed by atoms with Crippen LogP contribution in [0.25, 0.3) is 0 Å². The van der Waals surface area contributed by atoms with Crippen LogP contribution < -0.4 is 10.2 Å². The normalized spacial score (nSPS) is 17.8. The number of carboxylic acids is 1. The molecule has 0 aromatic carbocycles. The molecular formula is C10H4F12O4-2. The first-order chi connectivity index (χ1) is 11.3. The summed E-state index contributed by atoms with van der Waals surface area (Å²) in [6.45, 7) is -0.500. The van der Waals surface area contributed by atoms with Gasteiger partial charge < -0.3 is 19.8 Å². The first-order valence-electron chi connectivity index (χ1n) is 5.42. The van der Waals surface area contributed by atoms with Crippen molar-refractivity contribution in [2.24, 2.45) is 0 Å². The Kier molecular flexibility index (Phi) is 8.51. The summed E-state index contributed by atoms with van der Waals surface area (Å²) in [7, 11) is 0. The van der Waals surface area contributed by atoms with Crippen LogP contribution in [0.2, 0.25) is 0 Å². The zero-order chi connectivity index (χ0) is 21.7. The highest BCUT2D eigenvalue weighted by Gasteiger charge is 2.68. The zero-order valence-corrected chi connectivity index (χ0v) is 11.5. The topological polar surface area (TPSA) is 80.3 Å². The Morgan fingerprint density at radius 2 is 1.15 bits per heavy atom. The van der Waals surface area contributed by atoms with E-state index in [1.54, 1.807) is 0 Å². The maximum absolute atomic E-state index is 13.4. The number of alkyl halides is 12. The lowest BCUT2D eigenvalue weighted by molar-refractivity contribution is -0.310. The number of hydrogen-bond acceptors (Lipinski definition) is 4. The first kappa shape index (κ1) is 26.1. The largest absolute Gasteiger partial charge is 0.554 e. The van der Waals surface area contributed by atoms with Gasteiger partial charge in [0.2, 0.25) is 0 Å². The third-order valence-electron chi connectivity index (χ3n) is 2.43. The molecule has 0 N–H and O–H groups in total. The highest BCUT2D eigenvalue weighted by molar-refractivity contribution is 5.88.